The smallest absolute Gasteiger partial charge is 0.338 e. The Morgan fingerprint density at radius 3 is 2.42 bits per heavy atom. The fraction of sp³-hybridized carbons (Fsp3) is 0.263. The highest BCUT2D eigenvalue weighted by Gasteiger charge is 2.14. The summed E-state index contributed by atoms with van der Waals surface area (Å²) in [5.74, 6) is -0.835. The molecule has 2 rings (SSSR count). The molecule has 0 spiro atoms. The van der Waals surface area contributed by atoms with E-state index < -0.39 is 5.97 Å². The number of hydrogen-bond donors (Lipinski definition) is 1. The quantitative estimate of drug-likeness (QED) is 0.758. The molecule has 0 fully saturated rings. The van der Waals surface area contributed by atoms with E-state index in [9.17, 15) is 9.59 Å². The van der Waals surface area contributed by atoms with Gasteiger partial charge < -0.3 is 10.1 Å². The molecule has 0 unspecified atom stereocenters. The SMILES string of the molecule is CCc1ccc(C(=O)OCC(=O)N[C@@H](C)c2ccccc2Br)cc1. The number of carbonyl (C=O) groups is 2. The van der Waals surface area contributed by atoms with Crippen LogP contribution in [0.5, 0.6) is 0 Å². The fourth-order valence-corrected chi connectivity index (χ4v) is 2.91. The monoisotopic (exact) mass is 389 g/mol. The highest BCUT2D eigenvalue weighted by Crippen LogP contribution is 2.22. The van der Waals surface area contributed by atoms with Crippen LogP contribution in [0.25, 0.3) is 0 Å². The summed E-state index contributed by atoms with van der Waals surface area (Å²) < 4.78 is 5.99. The first-order valence-corrected chi connectivity index (χ1v) is 8.60. The van der Waals surface area contributed by atoms with Gasteiger partial charge in [-0.15, -0.1) is 0 Å². The van der Waals surface area contributed by atoms with Crippen LogP contribution in [0.2, 0.25) is 0 Å². The largest absolute Gasteiger partial charge is 0.452 e. The van der Waals surface area contributed by atoms with Gasteiger partial charge >= 0.3 is 5.97 Å². The van der Waals surface area contributed by atoms with Crippen LogP contribution in [-0.2, 0) is 16.0 Å². The minimum Gasteiger partial charge on any atom is -0.452 e. The number of esters is 1. The zero-order valence-corrected chi connectivity index (χ0v) is 15.3. The molecule has 2 aromatic carbocycles. The molecule has 0 saturated heterocycles. The number of ether oxygens (including phenoxy) is 1. The second-order valence-corrected chi connectivity index (χ2v) is 6.29. The fourth-order valence-electron chi connectivity index (χ4n) is 2.28. The van der Waals surface area contributed by atoms with Gasteiger partial charge in [0.25, 0.3) is 5.91 Å². The number of benzene rings is 2. The highest BCUT2D eigenvalue weighted by molar-refractivity contribution is 9.10. The van der Waals surface area contributed by atoms with Gasteiger partial charge in [0.2, 0.25) is 0 Å². The second kappa shape index (κ2) is 8.64. The van der Waals surface area contributed by atoms with Gasteiger partial charge in [-0.1, -0.05) is 53.2 Å². The molecular formula is C19H20BrNO3. The Morgan fingerprint density at radius 2 is 1.79 bits per heavy atom. The Bertz CT molecular complexity index is 713. The van der Waals surface area contributed by atoms with E-state index in [1.807, 2.05) is 50.2 Å². The van der Waals surface area contributed by atoms with Crippen molar-refractivity contribution in [2.24, 2.45) is 0 Å². The van der Waals surface area contributed by atoms with E-state index in [1.165, 1.54) is 0 Å². The predicted octanol–water partition coefficient (Wildman–Crippen LogP) is 4.05. The maximum Gasteiger partial charge on any atom is 0.338 e. The number of nitrogens with one attached hydrogen (secondary N) is 1. The third kappa shape index (κ3) is 4.93. The van der Waals surface area contributed by atoms with Crippen LogP contribution in [0, 0.1) is 0 Å². The summed E-state index contributed by atoms with van der Waals surface area (Å²) in [5.41, 5.74) is 2.55. The summed E-state index contributed by atoms with van der Waals surface area (Å²) >= 11 is 3.45. The number of halogens is 1. The lowest BCUT2D eigenvalue weighted by Crippen LogP contribution is -2.31. The molecule has 5 heteroatoms. The standard InChI is InChI=1S/C19H20BrNO3/c1-3-14-8-10-15(11-9-14)19(23)24-12-18(22)21-13(2)16-6-4-5-7-17(16)20/h4-11,13H,3,12H2,1-2H3,(H,21,22)/t13-/m0/s1. The number of rotatable bonds is 6. The Kier molecular flexibility index (Phi) is 6.55. The third-order valence-electron chi connectivity index (χ3n) is 3.68. The first kappa shape index (κ1) is 18.2. The summed E-state index contributed by atoms with van der Waals surface area (Å²) in [4.78, 5) is 23.9. The van der Waals surface area contributed by atoms with E-state index in [0.29, 0.717) is 5.56 Å². The maximum absolute atomic E-state index is 12.0. The Morgan fingerprint density at radius 1 is 1.12 bits per heavy atom. The van der Waals surface area contributed by atoms with Crippen molar-refractivity contribution >= 4 is 27.8 Å². The zero-order valence-electron chi connectivity index (χ0n) is 13.7. The van der Waals surface area contributed by atoms with E-state index in [2.05, 4.69) is 21.2 Å². The predicted molar refractivity (Wildman–Crippen MR) is 96.8 cm³/mol. The number of carbonyl (C=O) groups excluding carboxylic acids is 2. The van der Waals surface area contributed by atoms with Gasteiger partial charge in [0.05, 0.1) is 11.6 Å². The van der Waals surface area contributed by atoms with Crippen molar-refractivity contribution < 1.29 is 14.3 Å². The molecule has 0 aromatic heterocycles. The molecule has 0 aliphatic carbocycles. The maximum atomic E-state index is 12.0. The summed E-state index contributed by atoms with van der Waals surface area (Å²) in [6.07, 6.45) is 0.907. The molecule has 1 atom stereocenters. The molecule has 0 aliphatic rings. The Hall–Kier alpha value is -2.14. The summed E-state index contributed by atoms with van der Waals surface area (Å²) in [6, 6.07) is 14.7. The van der Waals surface area contributed by atoms with Crippen LogP contribution in [-0.4, -0.2) is 18.5 Å². The molecule has 1 N–H and O–H groups in total. The van der Waals surface area contributed by atoms with E-state index in [-0.39, 0.29) is 18.6 Å². The van der Waals surface area contributed by atoms with Crippen LogP contribution in [0.15, 0.2) is 53.0 Å². The van der Waals surface area contributed by atoms with E-state index in [4.69, 9.17) is 4.74 Å². The van der Waals surface area contributed by atoms with Crippen LogP contribution in [0.1, 0.15) is 41.4 Å². The molecule has 0 saturated carbocycles. The number of hydrogen-bond acceptors (Lipinski definition) is 3. The summed E-state index contributed by atoms with van der Waals surface area (Å²) in [7, 11) is 0. The molecule has 0 bridgehead atoms. The Labute approximate surface area is 150 Å². The van der Waals surface area contributed by atoms with Crippen molar-refractivity contribution in [1.29, 1.82) is 0 Å². The summed E-state index contributed by atoms with van der Waals surface area (Å²) in [5, 5.41) is 2.82. The molecule has 4 nitrogen and oxygen atoms in total. The van der Waals surface area contributed by atoms with Crippen molar-refractivity contribution in [2.45, 2.75) is 26.3 Å². The molecule has 0 radical (unpaired) electrons. The average molecular weight is 390 g/mol. The summed E-state index contributed by atoms with van der Waals surface area (Å²) in [6.45, 7) is 3.62. The van der Waals surface area contributed by atoms with Gasteiger partial charge in [0.1, 0.15) is 0 Å². The Balaban J connectivity index is 1.86. The minimum absolute atomic E-state index is 0.185. The molecule has 2 aromatic rings. The van der Waals surface area contributed by atoms with Crippen LogP contribution >= 0.6 is 15.9 Å². The molecule has 0 aliphatic heterocycles. The minimum atomic E-state index is -0.499. The van der Waals surface area contributed by atoms with E-state index in [1.54, 1.807) is 12.1 Å². The topological polar surface area (TPSA) is 55.4 Å². The third-order valence-corrected chi connectivity index (χ3v) is 4.40. The van der Waals surface area contributed by atoms with Crippen molar-refractivity contribution in [3.05, 3.63) is 69.7 Å². The van der Waals surface area contributed by atoms with Gasteiger partial charge in [-0.3, -0.25) is 4.79 Å². The lowest BCUT2D eigenvalue weighted by atomic mass is 10.1. The van der Waals surface area contributed by atoms with Crippen molar-refractivity contribution in [1.82, 2.24) is 5.32 Å². The first-order chi connectivity index (χ1) is 11.5. The van der Waals surface area contributed by atoms with Gasteiger partial charge in [0.15, 0.2) is 6.61 Å². The van der Waals surface area contributed by atoms with Crippen molar-refractivity contribution in [3.8, 4) is 0 Å². The van der Waals surface area contributed by atoms with Crippen molar-refractivity contribution in [3.63, 3.8) is 0 Å². The van der Waals surface area contributed by atoms with E-state index in [0.717, 1.165) is 22.0 Å². The zero-order chi connectivity index (χ0) is 17.5. The van der Waals surface area contributed by atoms with Gasteiger partial charge in [-0.05, 0) is 42.7 Å². The average Bonchev–Trinajstić information content (AvgIpc) is 2.60. The molecular weight excluding hydrogens is 370 g/mol. The van der Waals surface area contributed by atoms with Gasteiger partial charge in [-0.2, -0.15) is 0 Å². The molecule has 24 heavy (non-hydrogen) atoms. The van der Waals surface area contributed by atoms with Crippen LogP contribution in [0.4, 0.5) is 0 Å². The first-order valence-electron chi connectivity index (χ1n) is 7.81. The molecule has 1 amide bonds. The van der Waals surface area contributed by atoms with Crippen LogP contribution in [0.3, 0.4) is 0 Å². The second-order valence-electron chi connectivity index (χ2n) is 5.44. The van der Waals surface area contributed by atoms with Crippen LogP contribution < -0.4 is 5.32 Å². The van der Waals surface area contributed by atoms with Crippen molar-refractivity contribution in [2.75, 3.05) is 6.61 Å². The van der Waals surface area contributed by atoms with Gasteiger partial charge in [0, 0.05) is 4.47 Å². The lowest BCUT2D eigenvalue weighted by molar-refractivity contribution is -0.124. The van der Waals surface area contributed by atoms with Gasteiger partial charge in [-0.25, -0.2) is 4.79 Å². The normalized spacial score (nSPS) is 11.6. The lowest BCUT2D eigenvalue weighted by Gasteiger charge is -2.15. The van der Waals surface area contributed by atoms with E-state index >= 15 is 0 Å². The molecule has 0 heterocycles. The number of aryl methyl sites for hydroxylation is 1. The molecule has 126 valence electrons. The highest BCUT2D eigenvalue weighted by atomic mass is 79.9. The number of amides is 1.